The van der Waals surface area contributed by atoms with E-state index in [0.717, 1.165) is 32.7 Å². The van der Waals surface area contributed by atoms with Crippen LogP contribution in [0.1, 0.15) is 101 Å². The average Bonchev–Trinajstić information content (AvgIpc) is 3.85. The number of hydrogen-bond acceptors (Lipinski definition) is 14. The third-order valence-electron chi connectivity index (χ3n) is 11.8. The molecule has 3 aromatic heterocycles. The minimum atomic E-state index is -2.19. The highest BCUT2D eigenvalue weighted by molar-refractivity contribution is 7.16. The first-order valence-electron chi connectivity index (χ1n) is 23.7. The van der Waals surface area contributed by atoms with E-state index >= 15 is 4.39 Å². The van der Waals surface area contributed by atoms with Crippen molar-refractivity contribution in [3.8, 4) is 17.6 Å². The van der Waals surface area contributed by atoms with Gasteiger partial charge in [0.15, 0.2) is 33.1 Å². The van der Waals surface area contributed by atoms with Crippen LogP contribution in [0.4, 0.5) is 26.0 Å². The Labute approximate surface area is 422 Å². The van der Waals surface area contributed by atoms with Gasteiger partial charge in [0, 0.05) is 45.1 Å². The first kappa shape index (κ1) is 55.7. The van der Waals surface area contributed by atoms with Gasteiger partial charge in [0.1, 0.15) is 25.8 Å². The Hall–Kier alpha value is -5.27. The Morgan fingerprint density at radius 1 is 0.957 bits per heavy atom. The molecular formula is C51H70FN7O7S2Si2. The number of aryl methyl sites for hydroxylation is 2. The fraction of sp³-hybridized carbons (Fsp3) is 0.510. The van der Waals surface area contributed by atoms with E-state index < -0.39 is 39.6 Å². The number of amides is 1. The number of anilines is 2. The van der Waals surface area contributed by atoms with Crippen LogP contribution in [0.25, 0.3) is 10.2 Å². The molecule has 3 heterocycles. The van der Waals surface area contributed by atoms with E-state index in [1.165, 1.54) is 28.4 Å². The zero-order valence-corrected chi connectivity index (χ0v) is 47.0. The molecule has 0 atom stereocenters. The summed E-state index contributed by atoms with van der Waals surface area (Å²) in [6, 6.07) is 15.1. The molecule has 5 rings (SSSR count). The first-order chi connectivity index (χ1) is 32.8. The van der Waals surface area contributed by atoms with Crippen LogP contribution in [0.15, 0.2) is 53.5 Å². The van der Waals surface area contributed by atoms with Crippen LogP contribution in [-0.4, -0.2) is 90.6 Å². The number of carbonyl (C=O) groups is 3. The van der Waals surface area contributed by atoms with Crippen molar-refractivity contribution < 1.29 is 38.0 Å². The van der Waals surface area contributed by atoms with Crippen LogP contribution < -0.4 is 14.6 Å². The second-order valence-electron chi connectivity index (χ2n) is 21.1. The lowest BCUT2D eigenvalue weighted by atomic mass is 10.2. The maximum absolute atomic E-state index is 15.2. The number of para-hydroxylation sites is 1. The van der Waals surface area contributed by atoms with Crippen molar-refractivity contribution in [2.24, 2.45) is 4.99 Å². The number of carbonyl (C=O) groups excluding carboxylic acids is 3. The Kier molecular flexibility index (Phi) is 18.9. The summed E-state index contributed by atoms with van der Waals surface area (Å²) in [5, 5.41) is 10.1. The van der Waals surface area contributed by atoms with Crippen LogP contribution in [0.5, 0.6) is 5.75 Å². The zero-order chi connectivity index (χ0) is 51.6. The predicted octanol–water partition coefficient (Wildman–Crippen LogP) is 12.2. The predicted molar refractivity (Wildman–Crippen MR) is 283 cm³/mol. The monoisotopic (exact) mass is 1030 g/mol. The number of hydrogen-bond donors (Lipinski definition) is 0. The Morgan fingerprint density at radius 3 is 2.34 bits per heavy atom. The number of aromatic nitrogens is 4. The highest BCUT2D eigenvalue weighted by atomic mass is 32.1. The van der Waals surface area contributed by atoms with E-state index in [4.69, 9.17) is 34.3 Å². The van der Waals surface area contributed by atoms with Crippen molar-refractivity contribution in [3.05, 3.63) is 80.8 Å². The standard InChI is InChI=1S/C51H70FN7O7S2Si2/c1-15-21-41-44(46(61)66-65-39-27-26-36(33-37(39)52)22-20-28-57(9)49(62)64-50(3,4)5)53-47(68-41)58(29-19-18-25-43(60)70(13,14)51(6,7)8)42-32-35(2)45(56-55-42)54-48-59(34-63-30-31-69(10,11)12)38-23-16-17-24-40(38)67-48/h16-17,23-24,26-27,32-33H,15,18-19,21,25,28-31,34H2,1-14H3. The number of unbranched alkanes of at least 4 members (excludes halogenated alkanes) is 1. The van der Waals surface area contributed by atoms with Gasteiger partial charge >= 0.3 is 12.1 Å². The number of halogens is 1. The first-order valence-corrected chi connectivity index (χ1v) is 32.1. The molecule has 2 aromatic carbocycles. The van der Waals surface area contributed by atoms with Gasteiger partial charge in [0.05, 0.1) is 16.8 Å². The van der Waals surface area contributed by atoms with Crippen molar-refractivity contribution in [2.45, 2.75) is 144 Å². The fourth-order valence-electron chi connectivity index (χ4n) is 6.60. The smallest absolute Gasteiger partial charge is 0.410 e. The number of benzene rings is 2. The second kappa shape index (κ2) is 23.8. The number of rotatable bonds is 20. The van der Waals surface area contributed by atoms with Crippen LogP contribution in [0.2, 0.25) is 43.8 Å². The van der Waals surface area contributed by atoms with Gasteiger partial charge in [0.2, 0.25) is 5.75 Å². The molecule has 0 aliphatic heterocycles. The molecule has 0 saturated heterocycles. The van der Waals surface area contributed by atoms with Crippen LogP contribution in [0.3, 0.4) is 0 Å². The molecular weight excluding hydrogens is 962 g/mol. The molecule has 0 aliphatic carbocycles. The minimum absolute atomic E-state index is 0.0367. The Bertz CT molecular complexity index is 2780. The van der Waals surface area contributed by atoms with Gasteiger partial charge in [0.25, 0.3) is 0 Å². The van der Waals surface area contributed by atoms with Crippen molar-refractivity contribution in [3.63, 3.8) is 0 Å². The van der Waals surface area contributed by atoms with Gasteiger partial charge in [-0.25, -0.2) is 23.9 Å². The van der Waals surface area contributed by atoms with E-state index in [-0.39, 0.29) is 23.0 Å². The summed E-state index contributed by atoms with van der Waals surface area (Å²) in [6.07, 6.45) is 2.45. The summed E-state index contributed by atoms with van der Waals surface area (Å²) >= 11 is 2.89. The van der Waals surface area contributed by atoms with Crippen molar-refractivity contribution in [1.82, 2.24) is 24.6 Å². The summed E-state index contributed by atoms with van der Waals surface area (Å²) in [5.74, 6) is 4.60. The lowest BCUT2D eigenvalue weighted by Crippen LogP contribution is -2.46. The minimum Gasteiger partial charge on any atom is -0.444 e. The molecule has 70 heavy (non-hydrogen) atoms. The molecule has 378 valence electrons. The SMILES string of the molecule is CCCc1sc(N(CCCCC(=O)[Si](C)(C)C(C)(C)C)c2cc(C)c(N=c3sc4ccccc4n3COCC[Si](C)(C)C)nn2)nc1C(=O)OOc1ccc(C#CCN(C)C(=O)OC(C)(C)C)cc1F. The molecule has 0 saturated carbocycles. The molecule has 5 aromatic rings. The van der Waals surface area contributed by atoms with E-state index in [0.29, 0.717) is 84.6 Å². The molecule has 19 heteroatoms. The summed E-state index contributed by atoms with van der Waals surface area (Å²) in [5.41, 5.74) is 1.52. The molecule has 0 spiro atoms. The molecule has 0 N–H and O–H groups in total. The van der Waals surface area contributed by atoms with E-state index in [9.17, 15) is 14.4 Å². The van der Waals surface area contributed by atoms with Crippen molar-refractivity contribution in [1.29, 1.82) is 0 Å². The molecule has 14 nitrogen and oxygen atoms in total. The number of ether oxygens (including phenoxy) is 2. The lowest BCUT2D eigenvalue weighted by molar-refractivity contribution is -0.152. The third kappa shape index (κ3) is 15.4. The quantitative estimate of drug-likeness (QED) is 0.0241. The molecule has 0 bridgehead atoms. The third-order valence-corrected chi connectivity index (χ3v) is 21.1. The van der Waals surface area contributed by atoms with Gasteiger partial charge < -0.3 is 24.1 Å². The topological polar surface area (TPSA) is 151 Å². The highest BCUT2D eigenvalue weighted by Crippen LogP contribution is 2.38. The van der Waals surface area contributed by atoms with Crippen LogP contribution in [-0.2, 0) is 32.3 Å². The van der Waals surface area contributed by atoms with E-state index in [2.05, 4.69) is 87.1 Å². The molecule has 0 aliphatic rings. The van der Waals surface area contributed by atoms with Crippen LogP contribution >= 0.6 is 22.7 Å². The normalized spacial score (nSPS) is 12.4. The maximum atomic E-state index is 15.2. The highest BCUT2D eigenvalue weighted by Gasteiger charge is 2.41. The average molecular weight is 1030 g/mol. The van der Waals surface area contributed by atoms with Gasteiger partial charge in [-0.2, -0.15) is 4.99 Å². The summed E-state index contributed by atoms with van der Waals surface area (Å²) in [7, 11) is -1.91. The van der Waals surface area contributed by atoms with Gasteiger partial charge in [-0.1, -0.05) is 102 Å². The molecule has 0 radical (unpaired) electrons. The largest absolute Gasteiger partial charge is 0.444 e. The van der Waals surface area contributed by atoms with Gasteiger partial charge in [-0.05, 0) is 100 Å². The molecule has 0 unspecified atom stereocenters. The van der Waals surface area contributed by atoms with Crippen molar-refractivity contribution in [2.75, 3.05) is 31.6 Å². The maximum Gasteiger partial charge on any atom is 0.410 e. The van der Waals surface area contributed by atoms with Gasteiger partial charge in [-0.15, -0.1) is 21.5 Å². The van der Waals surface area contributed by atoms with Crippen molar-refractivity contribution >= 4 is 83.3 Å². The molecule has 0 fully saturated rings. The number of fused-ring (bicyclic) bond motifs is 1. The lowest BCUT2D eigenvalue weighted by Gasteiger charge is -2.35. The second-order valence-corrected chi connectivity index (χ2v) is 34.1. The summed E-state index contributed by atoms with van der Waals surface area (Å²) in [4.78, 5) is 64.4. The number of thiazole rings is 2. The Balaban J connectivity index is 1.40. The van der Waals surface area contributed by atoms with E-state index in [1.807, 2.05) is 36.9 Å². The Morgan fingerprint density at radius 2 is 1.69 bits per heavy atom. The zero-order valence-electron chi connectivity index (χ0n) is 43.4. The number of nitrogens with zero attached hydrogens (tertiary/aromatic N) is 7. The van der Waals surface area contributed by atoms with Gasteiger partial charge in [-0.3, -0.25) is 9.45 Å². The summed E-state index contributed by atoms with van der Waals surface area (Å²) in [6.45, 7) is 28.5. The van der Waals surface area contributed by atoms with Crippen LogP contribution in [0, 0.1) is 24.6 Å². The molecule has 1 amide bonds. The fourth-order valence-corrected chi connectivity index (χ4v) is 11.2. The van der Waals surface area contributed by atoms with E-state index in [1.54, 1.807) is 39.2 Å². The summed E-state index contributed by atoms with van der Waals surface area (Å²) < 4.78 is 29.9.